The first kappa shape index (κ1) is 10.9. The average molecular weight is 227 g/mol. The van der Waals surface area contributed by atoms with Gasteiger partial charge in [-0.1, -0.05) is 17.7 Å². The highest BCUT2D eigenvalue weighted by atomic mass is 35.5. The second-order valence-corrected chi connectivity index (χ2v) is 4.25. The molecule has 1 fully saturated rings. The van der Waals surface area contributed by atoms with Gasteiger partial charge in [0, 0.05) is 24.9 Å². The van der Waals surface area contributed by atoms with Crippen molar-refractivity contribution in [2.24, 2.45) is 0 Å². The Morgan fingerprint density at radius 2 is 2.47 bits per heavy atom. The van der Waals surface area contributed by atoms with Crippen molar-refractivity contribution in [2.45, 2.75) is 25.4 Å². The molecule has 0 spiro atoms. The molecule has 1 aromatic rings. The summed E-state index contributed by atoms with van der Waals surface area (Å²) in [6.07, 6.45) is 2.90. The number of nitrogens with one attached hydrogen (secondary N) is 1. The van der Waals surface area contributed by atoms with E-state index in [1.807, 2.05) is 18.3 Å². The van der Waals surface area contributed by atoms with Crippen LogP contribution >= 0.6 is 11.6 Å². The van der Waals surface area contributed by atoms with Gasteiger partial charge >= 0.3 is 0 Å². The van der Waals surface area contributed by atoms with Gasteiger partial charge in [-0.25, -0.2) is 4.98 Å². The quantitative estimate of drug-likeness (QED) is 0.803. The molecule has 0 radical (unpaired) electrons. The van der Waals surface area contributed by atoms with Gasteiger partial charge in [0.2, 0.25) is 0 Å². The maximum atomic E-state index is 5.74. The first-order chi connectivity index (χ1) is 7.25. The van der Waals surface area contributed by atoms with Crippen molar-refractivity contribution in [2.75, 3.05) is 13.2 Å². The molecular formula is C11H15ClN2O. The number of pyridine rings is 1. The summed E-state index contributed by atoms with van der Waals surface area (Å²) in [5, 5.41) is 4.04. The Kier molecular flexibility index (Phi) is 3.57. The molecule has 2 rings (SSSR count). The number of hydrogen-bond acceptors (Lipinski definition) is 3. The fourth-order valence-corrected chi connectivity index (χ4v) is 1.87. The summed E-state index contributed by atoms with van der Waals surface area (Å²) in [6, 6.07) is 4.58. The van der Waals surface area contributed by atoms with Crippen LogP contribution in [0.15, 0.2) is 18.3 Å². The van der Waals surface area contributed by atoms with Crippen molar-refractivity contribution in [1.29, 1.82) is 0 Å². The molecule has 4 heteroatoms. The first-order valence-corrected chi connectivity index (χ1v) is 5.59. The van der Waals surface area contributed by atoms with E-state index in [1.165, 1.54) is 0 Å². The zero-order chi connectivity index (χ0) is 10.7. The molecule has 0 bridgehead atoms. The molecule has 0 aromatic carbocycles. The van der Waals surface area contributed by atoms with Crippen LogP contribution in [0.1, 0.15) is 24.9 Å². The molecule has 2 unspecified atom stereocenters. The van der Waals surface area contributed by atoms with Gasteiger partial charge in [0.05, 0.1) is 6.61 Å². The molecule has 15 heavy (non-hydrogen) atoms. The van der Waals surface area contributed by atoms with E-state index in [0.29, 0.717) is 17.2 Å². The lowest BCUT2D eigenvalue weighted by Crippen LogP contribution is -2.31. The molecule has 1 saturated heterocycles. The number of ether oxygens (including phenoxy) is 1. The van der Waals surface area contributed by atoms with Gasteiger partial charge in [-0.15, -0.1) is 0 Å². The van der Waals surface area contributed by atoms with Crippen molar-refractivity contribution >= 4 is 11.6 Å². The highest BCUT2D eigenvalue weighted by molar-refractivity contribution is 6.29. The second kappa shape index (κ2) is 4.92. The molecule has 1 N–H and O–H groups in total. The van der Waals surface area contributed by atoms with Gasteiger partial charge in [0.1, 0.15) is 5.15 Å². The van der Waals surface area contributed by atoms with Gasteiger partial charge in [-0.3, -0.25) is 0 Å². The van der Waals surface area contributed by atoms with Crippen LogP contribution in [-0.2, 0) is 4.74 Å². The Hall–Kier alpha value is -0.640. The van der Waals surface area contributed by atoms with E-state index in [1.54, 1.807) is 0 Å². The first-order valence-electron chi connectivity index (χ1n) is 5.21. The van der Waals surface area contributed by atoms with Crippen molar-refractivity contribution < 1.29 is 4.74 Å². The van der Waals surface area contributed by atoms with Crippen LogP contribution in [-0.4, -0.2) is 24.2 Å². The van der Waals surface area contributed by atoms with E-state index in [2.05, 4.69) is 17.2 Å². The maximum absolute atomic E-state index is 5.74. The lowest BCUT2D eigenvalue weighted by atomic mass is 10.1. The molecule has 1 aliphatic heterocycles. The fraction of sp³-hybridized carbons (Fsp3) is 0.545. The summed E-state index contributed by atoms with van der Waals surface area (Å²) >= 11 is 5.74. The average Bonchev–Trinajstić information content (AvgIpc) is 2.71. The largest absolute Gasteiger partial charge is 0.380 e. The van der Waals surface area contributed by atoms with Crippen LogP contribution in [0.25, 0.3) is 0 Å². The number of halogens is 1. The van der Waals surface area contributed by atoms with Gasteiger partial charge in [0.25, 0.3) is 0 Å². The Balaban J connectivity index is 1.94. The third-order valence-electron chi connectivity index (χ3n) is 2.67. The zero-order valence-electron chi connectivity index (χ0n) is 8.74. The lowest BCUT2D eigenvalue weighted by Gasteiger charge is -2.18. The standard InChI is InChI=1S/C11H15ClN2O/c1-8(14-10-4-5-15-7-10)9-2-3-11(12)13-6-9/h2-3,6,8,10,14H,4-5,7H2,1H3. The lowest BCUT2D eigenvalue weighted by molar-refractivity contribution is 0.188. The van der Waals surface area contributed by atoms with Gasteiger partial charge in [-0.2, -0.15) is 0 Å². The Bertz CT molecular complexity index is 309. The predicted octanol–water partition coefficient (Wildman–Crippen LogP) is 2.17. The zero-order valence-corrected chi connectivity index (χ0v) is 9.50. The van der Waals surface area contributed by atoms with Crippen LogP contribution in [0, 0.1) is 0 Å². The molecule has 1 aromatic heterocycles. The van der Waals surface area contributed by atoms with E-state index in [-0.39, 0.29) is 0 Å². The van der Waals surface area contributed by atoms with Crippen LogP contribution in [0.5, 0.6) is 0 Å². The molecule has 0 saturated carbocycles. The molecule has 2 atom stereocenters. The molecule has 2 heterocycles. The van der Waals surface area contributed by atoms with Gasteiger partial charge in [0.15, 0.2) is 0 Å². The molecule has 1 aliphatic rings. The SMILES string of the molecule is CC(NC1CCOC1)c1ccc(Cl)nc1. The predicted molar refractivity (Wildman–Crippen MR) is 60.0 cm³/mol. The summed E-state index contributed by atoms with van der Waals surface area (Å²) in [5.41, 5.74) is 1.16. The molecule has 0 amide bonds. The minimum absolute atomic E-state index is 0.293. The summed E-state index contributed by atoms with van der Waals surface area (Å²) in [5.74, 6) is 0. The van der Waals surface area contributed by atoms with E-state index in [9.17, 15) is 0 Å². The number of nitrogens with zero attached hydrogens (tertiary/aromatic N) is 1. The van der Waals surface area contributed by atoms with E-state index < -0.39 is 0 Å². The highest BCUT2D eigenvalue weighted by Crippen LogP contribution is 2.16. The molecule has 0 aliphatic carbocycles. The van der Waals surface area contributed by atoms with Crippen molar-refractivity contribution in [3.63, 3.8) is 0 Å². The Morgan fingerprint density at radius 3 is 3.07 bits per heavy atom. The maximum Gasteiger partial charge on any atom is 0.129 e. The van der Waals surface area contributed by atoms with Crippen LogP contribution in [0.4, 0.5) is 0 Å². The Labute approximate surface area is 94.8 Å². The van der Waals surface area contributed by atoms with Crippen LogP contribution < -0.4 is 5.32 Å². The van der Waals surface area contributed by atoms with E-state index >= 15 is 0 Å². The van der Waals surface area contributed by atoms with Crippen LogP contribution in [0.3, 0.4) is 0 Å². The summed E-state index contributed by atoms with van der Waals surface area (Å²) < 4.78 is 5.31. The summed E-state index contributed by atoms with van der Waals surface area (Å²) in [6.45, 7) is 3.80. The Morgan fingerprint density at radius 1 is 1.60 bits per heavy atom. The number of aromatic nitrogens is 1. The van der Waals surface area contributed by atoms with Crippen molar-refractivity contribution in [3.8, 4) is 0 Å². The third kappa shape index (κ3) is 2.91. The number of rotatable bonds is 3. The van der Waals surface area contributed by atoms with Crippen LogP contribution in [0.2, 0.25) is 5.15 Å². The third-order valence-corrected chi connectivity index (χ3v) is 2.89. The van der Waals surface area contributed by atoms with Crippen molar-refractivity contribution in [3.05, 3.63) is 29.0 Å². The number of hydrogen-bond donors (Lipinski definition) is 1. The minimum atomic E-state index is 0.293. The monoisotopic (exact) mass is 226 g/mol. The summed E-state index contributed by atoms with van der Waals surface area (Å²) in [4.78, 5) is 4.07. The summed E-state index contributed by atoms with van der Waals surface area (Å²) in [7, 11) is 0. The molecular weight excluding hydrogens is 212 g/mol. The van der Waals surface area contributed by atoms with Gasteiger partial charge < -0.3 is 10.1 Å². The van der Waals surface area contributed by atoms with E-state index in [0.717, 1.165) is 25.2 Å². The van der Waals surface area contributed by atoms with Gasteiger partial charge in [-0.05, 0) is 25.0 Å². The fourth-order valence-electron chi connectivity index (χ4n) is 1.76. The highest BCUT2D eigenvalue weighted by Gasteiger charge is 2.18. The normalized spacial score (nSPS) is 22.9. The molecule has 3 nitrogen and oxygen atoms in total. The van der Waals surface area contributed by atoms with Crippen molar-refractivity contribution in [1.82, 2.24) is 10.3 Å². The topological polar surface area (TPSA) is 34.1 Å². The second-order valence-electron chi connectivity index (χ2n) is 3.86. The minimum Gasteiger partial charge on any atom is -0.380 e. The smallest absolute Gasteiger partial charge is 0.129 e. The molecule has 82 valence electrons. The van der Waals surface area contributed by atoms with E-state index in [4.69, 9.17) is 16.3 Å².